The van der Waals surface area contributed by atoms with Gasteiger partial charge in [0.1, 0.15) is 12.4 Å². The molecule has 0 bridgehead atoms. The Balaban J connectivity index is 2.01. The molecule has 2 nitrogen and oxygen atoms in total. The molecule has 0 spiro atoms. The van der Waals surface area contributed by atoms with Crippen LogP contribution in [0.25, 0.3) is 0 Å². The number of anilines is 1. The first-order valence-corrected chi connectivity index (χ1v) is 6.11. The van der Waals surface area contributed by atoms with Crippen molar-refractivity contribution in [3.8, 4) is 5.75 Å². The zero-order valence-electron chi connectivity index (χ0n) is 11.2. The molecule has 0 unspecified atom stereocenters. The van der Waals surface area contributed by atoms with E-state index in [0.29, 0.717) is 6.61 Å². The molecule has 0 fully saturated rings. The second kappa shape index (κ2) is 5.58. The third-order valence-electron chi connectivity index (χ3n) is 2.85. The Hall–Kier alpha value is -1.96. The summed E-state index contributed by atoms with van der Waals surface area (Å²) in [4.78, 5) is 2.09. The highest BCUT2D eigenvalue weighted by molar-refractivity contribution is 5.47. The maximum Gasteiger partial charge on any atom is 0.119 e. The Labute approximate surface area is 109 Å². The lowest BCUT2D eigenvalue weighted by molar-refractivity contribution is 0.306. The first kappa shape index (κ1) is 12.5. The van der Waals surface area contributed by atoms with Gasteiger partial charge in [0.15, 0.2) is 0 Å². The zero-order chi connectivity index (χ0) is 13.0. The van der Waals surface area contributed by atoms with E-state index in [-0.39, 0.29) is 0 Å². The van der Waals surface area contributed by atoms with Crippen molar-refractivity contribution in [2.24, 2.45) is 0 Å². The Morgan fingerprint density at radius 2 is 1.72 bits per heavy atom. The number of ether oxygens (including phenoxy) is 1. The van der Waals surface area contributed by atoms with Crippen LogP contribution in [-0.4, -0.2) is 14.1 Å². The number of aryl methyl sites for hydroxylation is 1. The fourth-order valence-electron chi connectivity index (χ4n) is 1.73. The van der Waals surface area contributed by atoms with Gasteiger partial charge >= 0.3 is 0 Å². The highest BCUT2D eigenvalue weighted by Crippen LogP contribution is 2.17. The molecule has 0 radical (unpaired) electrons. The van der Waals surface area contributed by atoms with Crippen molar-refractivity contribution in [2.45, 2.75) is 13.5 Å². The van der Waals surface area contributed by atoms with Gasteiger partial charge in [0, 0.05) is 19.8 Å². The van der Waals surface area contributed by atoms with Gasteiger partial charge in [-0.3, -0.25) is 0 Å². The van der Waals surface area contributed by atoms with E-state index in [1.54, 1.807) is 0 Å². The fourth-order valence-corrected chi connectivity index (χ4v) is 1.73. The minimum atomic E-state index is 0.602. The number of hydrogen-bond donors (Lipinski definition) is 0. The van der Waals surface area contributed by atoms with Crippen molar-refractivity contribution in [3.63, 3.8) is 0 Å². The van der Waals surface area contributed by atoms with Crippen molar-refractivity contribution < 1.29 is 4.74 Å². The molecule has 2 aromatic carbocycles. The molecule has 18 heavy (non-hydrogen) atoms. The summed E-state index contributed by atoms with van der Waals surface area (Å²) in [6, 6.07) is 16.5. The quantitative estimate of drug-likeness (QED) is 0.810. The van der Waals surface area contributed by atoms with Crippen LogP contribution < -0.4 is 9.64 Å². The predicted octanol–water partition coefficient (Wildman–Crippen LogP) is 3.64. The Morgan fingerprint density at radius 1 is 1.00 bits per heavy atom. The van der Waals surface area contributed by atoms with E-state index in [9.17, 15) is 0 Å². The van der Waals surface area contributed by atoms with E-state index < -0.39 is 0 Å². The molecule has 0 aliphatic carbocycles. The van der Waals surface area contributed by atoms with Gasteiger partial charge < -0.3 is 9.64 Å². The second-order valence-corrected chi connectivity index (χ2v) is 4.67. The van der Waals surface area contributed by atoms with Crippen LogP contribution in [0.2, 0.25) is 0 Å². The van der Waals surface area contributed by atoms with Gasteiger partial charge in [0.05, 0.1) is 0 Å². The summed E-state index contributed by atoms with van der Waals surface area (Å²) in [7, 11) is 4.08. The van der Waals surface area contributed by atoms with E-state index in [4.69, 9.17) is 4.74 Å². The van der Waals surface area contributed by atoms with Gasteiger partial charge in [-0.25, -0.2) is 0 Å². The van der Waals surface area contributed by atoms with Gasteiger partial charge in [-0.1, -0.05) is 29.8 Å². The van der Waals surface area contributed by atoms with E-state index in [2.05, 4.69) is 48.2 Å². The van der Waals surface area contributed by atoms with E-state index in [1.165, 1.54) is 16.8 Å². The van der Waals surface area contributed by atoms with Crippen LogP contribution in [0.5, 0.6) is 5.75 Å². The minimum Gasteiger partial charge on any atom is -0.489 e. The van der Waals surface area contributed by atoms with Crippen molar-refractivity contribution in [2.75, 3.05) is 19.0 Å². The SMILES string of the molecule is Cc1ccc(OCc2cccc(N(C)C)c2)cc1. The summed E-state index contributed by atoms with van der Waals surface area (Å²) >= 11 is 0. The molecule has 94 valence electrons. The molecule has 0 saturated carbocycles. The van der Waals surface area contributed by atoms with Gasteiger partial charge in [0.2, 0.25) is 0 Å². The van der Waals surface area contributed by atoms with Crippen LogP contribution in [0.3, 0.4) is 0 Å². The summed E-state index contributed by atoms with van der Waals surface area (Å²) in [5, 5.41) is 0. The highest BCUT2D eigenvalue weighted by Gasteiger charge is 1.99. The molecular weight excluding hydrogens is 222 g/mol. The summed E-state index contributed by atoms with van der Waals surface area (Å²) in [6.45, 7) is 2.68. The standard InChI is InChI=1S/C16H19NO/c1-13-7-9-16(10-8-13)18-12-14-5-4-6-15(11-14)17(2)3/h4-11H,12H2,1-3H3. The van der Waals surface area contributed by atoms with E-state index in [0.717, 1.165) is 5.75 Å². The largest absolute Gasteiger partial charge is 0.489 e. The molecule has 2 heteroatoms. The first-order chi connectivity index (χ1) is 8.65. The zero-order valence-corrected chi connectivity index (χ0v) is 11.2. The molecule has 0 N–H and O–H groups in total. The lowest BCUT2D eigenvalue weighted by Gasteiger charge is -2.14. The lowest BCUT2D eigenvalue weighted by Crippen LogP contribution is -2.09. The fraction of sp³-hybridized carbons (Fsp3) is 0.250. The Kier molecular flexibility index (Phi) is 3.88. The molecule has 0 atom stereocenters. The maximum absolute atomic E-state index is 5.76. The second-order valence-electron chi connectivity index (χ2n) is 4.67. The van der Waals surface area contributed by atoms with Crippen LogP contribution in [0.4, 0.5) is 5.69 Å². The average Bonchev–Trinajstić information content (AvgIpc) is 2.38. The maximum atomic E-state index is 5.76. The van der Waals surface area contributed by atoms with Crippen molar-refractivity contribution in [1.82, 2.24) is 0 Å². The molecule has 0 aliphatic heterocycles. The van der Waals surface area contributed by atoms with Crippen LogP contribution in [-0.2, 0) is 6.61 Å². The molecular formula is C16H19NO. The van der Waals surface area contributed by atoms with E-state index in [1.807, 2.05) is 26.2 Å². The van der Waals surface area contributed by atoms with Gasteiger partial charge in [-0.15, -0.1) is 0 Å². The normalized spacial score (nSPS) is 10.2. The molecule has 0 heterocycles. The molecule has 2 aromatic rings. The number of rotatable bonds is 4. The van der Waals surface area contributed by atoms with Crippen LogP contribution >= 0.6 is 0 Å². The smallest absolute Gasteiger partial charge is 0.119 e. The summed E-state index contributed by atoms with van der Waals surface area (Å²) in [5.41, 5.74) is 3.62. The number of nitrogens with zero attached hydrogens (tertiary/aromatic N) is 1. The summed E-state index contributed by atoms with van der Waals surface area (Å²) in [5.74, 6) is 0.913. The van der Waals surface area contributed by atoms with Gasteiger partial charge in [-0.05, 0) is 36.8 Å². The molecule has 0 aliphatic rings. The van der Waals surface area contributed by atoms with Crippen molar-refractivity contribution in [3.05, 3.63) is 59.7 Å². The van der Waals surface area contributed by atoms with Crippen LogP contribution in [0.1, 0.15) is 11.1 Å². The number of benzene rings is 2. The molecule has 2 rings (SSSR count). The number of hydrogen-bond acceptors (Lipinski definition) is 2. The van der Waals surface area contributed by atoms with Gasteiger partial charge in [-0.2, -0.15) is 0 Å². The van der Waals surface area contributed by atoms with Crippen LogP contribution in [0.15, 0.2) is 48.5 Å². The van der Waals surface area contributed by atoms with E-state index >= 15 is 0 Å². The lowest BCUT2D eigenvalue weighted by atomic mass is 10.2. The summed E-state index contributed by atoms with van der Waals surface area (Å²) < 4.78 is 5.76. The van der Waals surface area contributed by atoms with Crippen molar-refractivity contribution >= 4 is 5.69 Å². The Bertz CT molecular complexity index is 503. The third kappa shape index (κ3) is 3.27. The average molecular weight is 241 g/mol. The predicted molar refractivity (Wildman–Crippen MR) is 76.3 cm³/mol. The first-order valence-electron chi connectivity index (χ1n) is 6.11. The summed E-state index contributed by atoms with van der Waals surface area (Å²) in [6.07, 6.45) is 0. The minimum absolute atomic E-state index is 0.602. The third-order valence-corrected chi connectivity index (χ3v) is 2.85. The molecule has 0 aromatic heterocycles. The molecule has 0 saturated heterocycles. The highest BCUT2D eigenvalue weighted by atomic mass is 16.5. The topological polar surface area (TPSA) is 12.5 Å². The van der Waals surface area contributed by atoms with Crippen LogP contribution in [0, 0.1) is 6.92 Å². The monoisotopic (exact) mass is 241 g/mol. The Morgan fingerprint density at radius 3 is 2.39 bits per heavy atom. The van der Waals surface area contributed by atoms with Crippen molar-refractivity contribution in [1.29, 1.82) is 0 Å². The van der Waals surface area contributed by atoms with Gasteiger partial charge in [0.25, 0.3) is 0 Å². The molecule has 0 amide bonds.